The Kier molecular flexibility index (Phi) is 4.09. The molecule has 1 atom stereocenters. The summed E-state index contributed by atoms with van der Waals surface area (Å²) in [6, 6.07) is 2.26. The van der Waals surface area contributed by atoms with Gasteiger partial charge in [-0.15, -0.1) is 0 Å². The molecule has 17 heavy (non-hydrogen) atoms. The van der Waals surface area contributed by atoms with E-state index >= 15 is 0 Å². The molecule has 0 aromatic carbocycles. The highest BCUT2D eigenvalue weighted by molar-refractivity contribution is 7.13. The van der Waals surface area contributed by atoms with Gasteiger partial charge in [0.15, 0.2) is 0 Å². The van der Waals surface area contributed by atoms with Crippen LogP contribution in [0.2, 0.25) is 0 Å². The van der Waals surface area contributed by atoms with Crippen molar-refractivity contribution >= 4 is 16.3 Å². The first-order chi connectivity index (χ1) is 8.20. The van der Waals surface area contributed by atoms with E-state index in [0.717, 1.165) is 31.7 Å². The average Bonchev–Trinajstić information content (AvgIpc) is 2.96. The van der Waals surface area contributed by atoms with Crippen molar-refractivity contribution < 1.29 is 4.92 Å². The minimum Gasteiger partial charge on any atom is -0.315 e. The van der Waals surface area contributed by atoms with Gasteiger partial charge in [-0.05, 0) is 25.1 Å². The Morgan fingerprint density at radius 3 is 3.06 bits per heavy atom. The Labute approximate surface area is 105 Å². The SMILES string of the molecule is CCN(Cc1csc([N+](=O)[O-])c1)C1CCNC1. The van der Waals surface area contributed by atoms with Crippen LogP contribution in [0.15, 0.2) is 11.4 Å². The lowest BCUT2D eigenvalue weighted by Crippen LogP contribution is -2.36. The van der Waals surface area contributed by atoms with E-state index < -0.39 is 0 Å². The van der Waals surface area contributed by atoms with Crippen LogP contribution < -0.4 is 5.32 Å². The summed E-state index contributed by atoms with van der Waals surface area (Å²) in [5.41, 5.74) is 1.05. The quantitative estimate of drug-likeness (QED) is 0.644. The molecule has 2 heterocycles. The minimum absolute atomic E-state index is 0.237. The van der Waals surface area contributed by atoms with E-state index in [9.17, 15) is 10.1 Å². The fraction of sp³-hybridized carbons (Fsp3) is 0.636. The molecule has 1 unspecified atom stereocenters. The number of hydrogen-bond donors (Lipinski definition) is 1. The summed E-state index contributed by atoms with van der Waals surface area (Å²) in [6.45, 7) is 6.04. The number of rotatable bonds is 5. The zero-order chi connectivity index (χ0) is 12.3. The number of thiophene rings is 1. The van der Waals surface area contributed by atoms with Crippen molar-refractivity contribution in [2.75, 3.05) is 19.6 Å². The first-order valence-corrected chi connectivity index (χ1v) is 6.75. The van der Waals surface area contributed by atoms with Crippen molar-refractivity contribution in [2.24, 2.45) is 0 Å². The maximum absolute atomic E-state index is 10.6. The number of likely N-dealkylation sites (N-methyl/N-ethyl adjacent to an activating group) is 1. The smallest absolute Gasteiger partial charge is 0.315 e. The van der Waals surface area contributed by atoms with E-state index in [1.54, 1.807) is 6.07 Å². The van der Waals surface area contributed by atoms with Crippen LogP contribution in [-0.4, -0.2) is 35.5 Å². The maximum Gasteiger partial charge on any atom is 0.324 e. The van der Waals surface area contributed by atoms with Gasteiger partial charge in [0.2, 0.25) is 0 Å². The van der Waals surface area contributed by atoms with E-state index in [-0.39, 0.29) is 9.92 Å². The van der Waals surface area contributed by atoms with E-state index in [1.807, 2.05) is 5.38 Å². The molecule has 1 N–H and O–H groups in total. The van der Waals surface area contributed by atoms with Gasteiger partial charge < -0.3 is 5.32 Å². The van der Waals surface area contributed by atoms with E-state index in [4.69, 9.17) is 0 Å². The number of nitrogens with zero attached hydrogens (tertiary/aromatic N) is 2. The third kappa shape index (κ3) is 3.02. The number of nitrogens with one attached hydrogen (secondary N) is 1. The minimum atomic E-state index is -0.318. The molecule has 1 aliphatic rings. The molecule has 0 spiro atoms. The number of hydrogen-bond acceptors (Lipinski definition) is 5. The third-order valence-corrected chi connectivity index (χ3v) is 4.09. The molecule has 5 nitrogen and oxygen atoms in total. The zero-order valence-corrected chi connectivity index (χ0v) is 10.7. The van der Waals surface area contributed by atoms with Crippen LogP contribution in [0, 0.1) is 10.1 Å². The molecule has 0 radical (unpaired) electrons. The molecule has 2 rings (SSSR count). The first-order valence-electron chi connectivity index (χ1n) is 5.87. The lowest BCUT2D eigenvalue weighted by Gasteiger charge is -2.26. The van der Waals surface area contributed by atoms with E-state index in [0.29, 0.717) is 6.04 Å². The molecule has 0 amide bonds. The van der Waals surface area contributed by atoms with Gasteiger partial charge in [0.25, 0.3) is 0 Å². The topological polar surface area (TPSA) is 58.4 Å². The monoisotopic (exact) mass is 255 g/mol. The van der Waals surface area contributed by atoms with Crippen molar-refractivity contribution in [3.8, 4) is 0 Å². The van der Waals surface area contributed by atoms with Crippen molar-refractivity contribution in [1.29, 1.82) is 0 Å². The summed E-state index contributed by atoms with van der Waals surface area (Å²) in [5, 5.41) is 16.1. The largest absolute Gasteiger partial charge is 0.324 e. The molecule has 1 aliphatic heterocycles. The standard InChI is InChI=1S/C11H17N3O2S/c1-2-13(10-3-4-12-6-10)7-9-5-11(14(15)16)17-8-9/h5,8,10,12H,2-4,6-7H2,1H3. The van der Waals surface area contributed by atoms with E-state index in [2.05, 4.69) is 17.1 Å². The fourth-order valence-corrected chi connectivity index (χ4v) is 2.95. The van der Waals surface area contributed by atoms with Gasteiger partial charge in [-0.3, -0.25) is 15.0 Å². The molecule has 1 aromatic rings. The second-order valence-corrected chi connectivity index (χ2v) is 5.15. The molecule has 1 aromatic heterocycles. The van der Waals surface area contributed by atoms with Crippen LogP contribution >= 0.6 is 11.3 Å². The van der Waals surface area contributed by atoms with Crippen LogP contribution in [-0.2, 0) is 6.54 Å². The predicted molar refractivity (Wildman–Crippen MR) is 68.3 cm³/mol. The summed E-state index contributed by atoms with van der Waals surface area (Å²) >= 11 is 1.21. The van der Waals surface area contributed by atoms with E-state index in [1.165, 1.54) is 17.8 Å². The second kappa shape index (κ2) is 5.57. The Morgan fingerprint density at radius 2 is 2.53 bits per heavy atom. The lowest BCUT2D eigenvalue weighted by atomic mass is 10.2. The fourth-order valence-electron chi connectivity index (χ4n) is 2.23. The van der Waals surface area contributed by atoms with Crippen molar-refractivity contribution in [2.45, 2.75) is 25.9 Å². The highest BCUT2D eigenvalue weighted by atomic mass is 32.1. The molecular weight excluding hydrogens is 238 g/mol. The number of nitro groups is 1. The van der Waals surface area contributed by atoms with Crippen LogP contribution in [0.4, 0.5) is 5.00 Å². The lowest BCUT2D eigenvalue weighted by molar-refractivity contribution is -0.380. The van der Waals surface area contributed by atoms with Gasteiger partial charge in [-0.1, -0.05) is 18.3 Å². The summed E-state index contributed by atoms with van der Waals surface area (Å²) in [6.07, 6.45) is 1.17. The van der Waals surface area contributed by atoms with Crippen LogP contribution in [0.5, 0.6) is 0 Å². The second-order valence-electron chi connectivity index (χ2n) is 4.26. The van der Waals surface area contributed by atoms with Crippen molar-refractivity contribution in [1.82, 2.24) is 10.2 Å². The molecule has 94 valence electrons. The Morgan fingerprint density at radius 1 is 1.71 bits per heavy atom. The van der Waals surface area contributed by atoms with Crippen LogP contribution in [0.25, 0.3) is 0 Å². The van der Waals surface area contributed by atoms with Crippen LogP contribution in [0.3, 0.4) is 0 Å². The van der Waals surface area contributed by atoms with Gasteiger partial charge in [0, 0.05) is 30.6 Å². The summed E-state index contributed by atoms with van der Waals surface area (Å²) in [5.74, 6) is 0. The normalized spacial score (nSPS) is 20.0. The summed E-state index contributed by atoms with van der Waals surface area (Å²) in [4.78, 5) is 12.7. The third-order valence-electron chi connectivity index (χ3n) is 3.16. The van der Waals surface area contributed by atoms with Crippen LogP contribution in [0.1, 0.15) is 18.9 Å². The molecule has 0 aliphatic carbocycles. The Balaban J connectivity index is 1.99. The summed E-state index contributed by atoms with van der Waals surface area (Å²) in [7, 11) is 0. The highest BCUT2D eigenvalue weighted by Crippen LogP contribution is 2.24. The zero-order valence-electron chi connectivity index (χ0n) is 9.89. The molecule has 1 fully saturated rings. The van der Waals surface area contributed by atoms with Crippen molar-refractivity contribution in [3.63, 3.8) is 0 Å². The van der Waals surface area contributed by atoms with Gasteiger partial charge >= 0.3 is 5.00 Å². The van der Waals surface area contributed by atoms with Gasteiger partial charge in [0.05, 0.1) is 4.92 Å². The summed E-state index contributed by atoms with van der Waals surface area (Å²) < 4.78 is 0. The van der Waals surface area contributed by atoms with Crippen molar-refractivity contribution in [3.05, 3.63) is 27.1 Å². The molecule has 1 saturated heterocycles. The maximum atomic E-state index is 10.6. The molecule has 0 bridgehead atoms. The predicted octanol–water partition coefficient (Wildman–Crippen LogP) is 1.84. The Hall–Kier alpha value is -0.980. The molecule has 6 heteroatoms. The van der Waals surface area contributed by atoms with Gasteiger partial charge in [-0.25, -0.2) is 0 Å². The van der Waals surface area contributed by atoms with Gasteiger partial charge in [-0.2, -0.15) is 0 Å². The first kappa shape index (κ1) is 12.5. The highest BCUT2D eigenvalue weighted by Gasteiger charge is 2.22. The Bertz CT molecular complexity index is 388. The van der Waals surface area contributed by atoms with Gasteiger partial charge in [0.1, 0.15) is 0 Å². The molecular formula is C11H17N3O2S. The molecule has 0 saturated carbocycles. The average molecular weight is 255 g/mol.